The summed E-state index contributed by atoms with van der Waals surface area (Å²) >= 11 is 0. The third kappa shape index (κ3) is 4.97. The average Bonchev–Trinajstić information content (AvgIpc) is 2.53. The van der Waals surface area contributed by atoms with Crippen molar-refractivity contribution < 1.29 is 22.8 Å². The van der Waals surface area contributed by atoms with Crippen LogP contribution in [-0.4, -0.2) is 18.1 Å². The molecule has 0 aromatic heterocycles. The van der Waals surface area contributed by atoms with Crippen LogP contribution in [0, 0.1) is 0 Å². The molecule has 2 aromatic carbocycles. The van der Waals surface area contributed by atoms with E-state index in [0.29, 0.717) is 5.75 Å². The molecule has 6 heteroatoms. The Balaban J connectivity index is 2.20. The molecule has 2 aromatic rings. The van der Waals surface area contributed by atoms with Gasteiger partial charge in [-0.2, -0.15) is 8.42 Å². The van der Waals surface area contributed by atoms with Gasteiger partial charge in [0.1, 0.15) is 10.6 Å². The van der Waals surface area contributed by atoms with Gasteiger partial charge in [0.25, 0.3) is 10.1 Å². The first-order valence-corrected chi connectivity index (χ1v) is 9.42. The molecule has 0 aliphatic heterocycles. The van der Waals surface area contributed by atoms with Crippen molar-refractivity contribution in [2.24, 2.45) is 0 Å². The first kappa shape index (κ1) is 18.3. The second-order valence-electron chi connectivity index (χ2n) is 5.64. The van der Waals surface area contributed by atoms with E-state index in [-0.39, 0.29) is 11.5 Å². The van der Waals surface area contributed by atoms with Crippen LogP contribution in [0.3, 0.4) is 0 Å². The van der Waals surface area contributed by atoms with E-state index in [9.17, 15) is 18.1 Å². The summed E-state index contributed by atoms with van der Waals surface area (Å²) in [5.41, 5.74) is 1.08. The van der Waals surface area contributed by atoms with E-state index >= 15 is 0 Å². The van der Waals surface area contributed by atoms with Crippen LogP contribution in [0.2, 0.25) is 0 Å². The largest absolute Gasteiger partial charge is 0.504 e. The van der Waals surface area contributed by atoms with Gasteiger partial charge in [-0.1, -0.05) is 44.4 Å². The quantitative estimate of drug-likeness (QED) is 0.539. The zero-order valence-corrected chi connectivity index (χ0v) is 14.4. The maximum atomic E-state index is 11.4. The molecule has 0 aliphatic rings. The molecule has 0 saturated heterocycles. The van der Waals surface area contributed by atoms with Crippen LogP contribution in [0.4, 0.5) is 0 Å². The van der Waals surface area contributed by atoms with Crippen molar-refractivity contribution in [2.45, 2.75) is 43.9 Å². The Bertz CT molecular complexity index is 784. The first-order chi connectivity index (χ1) is 11.4. The smallest absolute Gasteiger partial charge is 0.298 e. The fourth-order valence-corrected chi connectivity index (χ4v) is 3.08. The van der Waals surface area contributed by atoms with E-state index in [0.717, 1.165) is 24.8 Å². The first-order valence-electron chi connectivity index (χ1n) is 7.98. The Morgan fingerprint density at radius 3 is 2.50 bits per heavy atom. The highest BCUT2D eigenvalue weighted by Gasteiger charge is 2.20. The van der Waals surface area contributed by atoms with E-state index in [1.54, 1.807) is 6.07 Å². The molecule has 130 valence electrons. The summed E-state index contributed by atoms with van der Waals surface area (Å²) in [6, 6.07) is 11.1. The van der Waals surface area contributed by atoms with Gasteiger partial charge in [-0.3, -0.25) is 4.55 Å². The van der Waals surface area contributed by atoms with Crippen LogP contribution in [0.15, 0.2) is 47.4 Å². The summed E-state index contributed by atoms with van der Waals surface area (Å²) < 4.78 is 37.7. The molecule has 0 fully saturated rings. The highest BCUT2D eigenvalue weighted by Crippen LogP contribution is 2.37. The van der Waals surface area contributed by atoms with Gasteiger partial charge >= 0.3 is 0 Å². The van der Waals surface area contributed by atoms with E-state index in [1.165, 1.54) is 31.0 Å². The van der Waals surface area contributed by atoms with Crippen LogP contribution < -0.4 is 4.74 Å². The van der Waals surface area contributed by atoms with Gasteiger partial charge in [-0.15, -0.1) is 0 Å². The Morgan fingerprint density at radius 2 is 1.79 bits per heavy atom. The van der Waals surface area contributed by atoms with Gasteiger partial charge in [-0.25, -0.2) is 0 Å². The van der Waals surface area contributed by atoms with E-state index in [4.69, 9.17) is 4.74 Å². The SMILES string of the molecule is CCCCCCc1cccc(Oc2c(O)cccc2S(=O)(=O)O)c1. The number of hydrogen-bond acceptors (Lipinski definition) is 4. The van der Waals surface area contributed by atoms with Crippen molar-refractivity contribution in [3.63, 3.8) is 0 Å². The van der Waals surface area contributed by atoms with Crippen LogP contribution in [0.1, 0.15) is 38.2 Å². The predicted molar refractivity (Wildman–Crippen MR) is 92.3 cm³/mol. The lowest BCUT2D eigenvalue weighted by Gasteiger charge is -2.12. The topological polar surface area (TPSA) is 83.8 Å². The highest BCUT2D eigenvalue weighted by molar-refractivity contribution is 7.86. The van der Waals surface area contributed by atoms with Crippen molar-refractivity contribution in [2.75, 3.05) is 0 Å². The number of unbranched alkanes of at least 4 members (excludes halogenated alkanes) is 3. The second kappa shape index (κ2) is 8.17. The van der Waals surface area contributed by atoms with Gasteiger partial charge in [-0.05, 0) is 42.7 Å². The lowest BCUT2D eigenvalue weighted by Crippen LogP contribution is -2.01. The average molecular weight is 350 g/mol. The standard InChI is InChI=1S/C18H22O5S/c1-2-3-4-5-8-14-9-6-10-15(13-14)23-18-16(19)11-7-12-17(18)24(20,21)22/h6-7,9-13,19H,2-5,8H2,1H3,(H,20,21,22). The molecule has 2 N–H and O–H groups in total. The fourth-order valence-electron chi connectivity index (χ4n) is 2.45. The molecule has 0 saturated carbocycles. The van der Waals surface area contributed by atoms with Crippen molar-refractivity contribution in [3.8, 4) is 17.2 Å². The minimum Gasteiger partial charge on any atom is -0.504 e. The minimum atomic E-state index is -4.49. The Hall–Kier alpha value is -2.05. The van der Waals surface area contributed by atoms with Crippen molar-refractivity contribution >= 4 is 10.1 Å². The molecule has 24 heavy (non-hydrogen) atoms. The van der Waals surface area contributed by atoms with Gasteiger partial charge in [0.2, 0.25) is 0 Å². The highest BCUT2D eigenvalue weighted by atomic mass is 32.2. The number of aryl methyl sites for hydroxylation is 1. The van der Waals surface area contributed by atoms with Gasteiger partial charge < -0.3 is 9.84 Å². The monoisotopic (exact) mass is 350 g/mol. The van der Waals surface area contributed by atoms with E-state index < -0.39 is 15.0 Å². The van der Waals surface area contributed by atoms with Crippen molar-refractivity contribution in [1.29, 1.82) is 0 Å². The van der Waals surface area contributed by atoms with Crippen LogP contribution in [0.5, 0.6) is 17.2 Å². The molecule has 0 atom stereocenters. The van der Waals surface area contributed by atoms with Gasteiger partial charge in [0, 0.05) is 0 Å². The maximum absolute atomic E-state index is 11.4. The number of phenols is 1. The summed E-state index contributed by atoms with van der Waals surface area (Å²) in [6.45, 7) is 2.16. The Labute approximate surface area is 142 Å². The summed E-state index contributed by atoms with van der Waals surface area (Å²) in [4.78, 5) is -0.462. The van der Waals surface area contributed by atoms with E-state index in [1.807, 2.05) is 18.2 Å². The molecule has 0 radical (unpaired) electrons. The molecule has 5 nitrogen and oxygen atoms in total. The van der Waals surface area contributed by atoms with Crippen LogP contribution >= 0.6 is 0 Å². The number of para-hydroxylation sites is 1. The third-order valence-electron chi connectivity index (χ3n) is 3.67. The van der Waals surface area contributed by atoms with Gasteiger partial charge in [0.05, 0.1) is 0 Å². The molecule has 0 spiro atoms. The van der Waals surface area contributed by atoms with Crippen molar-refractivity contribution in [1.82, 2.24) is 0 Å². The summed E-state index contributed by atoms with van der Waals surface area (Å²) in [5.74, 6) is -0.212. The number of benzene rings is 2. The number of ether oxygens (including phenoxy) is 1. The Kier molecular flexibility index (Phi) is 6.23. The van der Waals surface area contributed by atoms with E-state index in [2.05, 4.69) is 6.92 Å². The molecule has 2 rings (SSSR count). The fraction of sp³-hybridized carbons (Fsp3) is 0.333. The molecule has 0 amide bonds. The van der Waals surface area contributed by atoms with Gasteiger partial charge in [0.15, 0.2) is 11.5 Å². The molecular formula is C18H22O5S. The predicted octanol–water partition coefficient (Wildman–Crippen LogP) is 4.55. The Morgan fingerprint density at radius 1 is 1.04 bits per heavy atom. The molecule has 0 unspecified atom stereocenters. The van der Waals surface area contributed by atoms with Crippen molar-refractivity contribution in [3.05, 3.63) is 48.0 Å². The minimum absolute atomic E-state index is 0.275. The van der Waals surface area contributed by atoms with Crippen LogP contribution in [0.25, 0.3) is 0 Å². The zero-order valence-electron chi connectivity index (χ0n) is 13.6. The number of aromatic hydroxyl groups is 1. The molecule has 0 bridgehead atoms. The maximum Gasteiger partial charge on any atom is 0.298 e. The summed E-state index contributed by atoms with van der Waals surface area (Å²) in [6.07, 6.45) is 5.52. The number of phenolic OH excluding ortho intramolecular Hbond substituents is 1. The summed E-state index contributed by atoms with van der Waals surface area (Å²) in [5, 5.41) is 9.89. The zero-order chi connectivity index (χ0) is 17.6. The lowest BCUT2D eigenvalue weighted by atomic mass is 10.1. The second-order valence-corrected chi connectivity index (χ2v) is 7.03. The normalized spacial score (nSPS) is 11.4. The molecule has 0 aliphatic carbocycles. The summed E-state index contributed by atoms with van der Waals surface area (Å²) in [7, 11) is -4.49. The molecular weight excluding hydrogens is 328 g/mol. The van der Waals surface area contributed by atoms with Crippen LogP contribution in [-0.2, 0) is 16.5 Å². The molecule has 0 heterocycles. The number of hydrogen-bond donors (Lipinski definition) is 2. The third-order valence-corrected chi connectivity index (χ3v) is 4.55. The number of rotatable bonds is 8. The lowest BCUT2D eigenvalue weighted by molar-refractivity contribution is 0.397.